The van der Waals surface area contributed by atoms with Gasteiger partial charge in [0.25, 0.3) is 0 Å². The molecule has 0 aromatic heterocycles. The van der Waals surface area contributed by atoms with Crippen molar-refractivity contribution in [2.24, 2.45) is 5.73 Å². The number of hydrogen-bond acceptors (Lipinski definition) is 2. The summed E-state index contributed by atoms with van der Waals surface area (Å²) in [5.41, 5.74) is 11.6. The fourth-order valence-corrected chi connectivity index (χ4v) is 2.39. The summed E-state index contributed by atoms with van der Waals surface area (Å²) in [6.07, 6.45) is 0. The van der Waals surface area contributed by atoms with E-state index < -0.39 is 0 Å². The normalized spacial score (nSPS) is 10.3. The predicted molar refractivity (Wildman–Crippen MR) is 90.4 cm³/mol. The Morgan fingerprint density at radius 2 is 1.65 bits per heavy atom. The molecule has 2 rings (SSSR count). The van der Waals surface area contributed by atoms with Crippen LogP contribution >= 0.6 is 12.2 Å². The monoisotopic (exact) mass is 284 g/mol. The van der Waals surface area contributed by atoms with Gasteiger partial charge in [-0.3, -0.25) is 0 Å². The zero-order chi connectivity index (χ0) is 14.7. The van der Waals surface area contributed by atoms with Crippen molar-refractivity contribution >= 4 is 22.9 Å². The highest BCUT2D eigenvalue weighted by Gasteiger charge is 2.10. The third kappa shape index (κ3) is 3.36. The van der Waals surface area contributed by atoms with Crippen molar-refractivity contribution in [1.29, 1.82) is 0 Å². The predicted octanol–water partition coefficient (Wildman–Crippen LogP) is 3.57. The van der Waals surface area contributed by atoms with E-state index >= 15 is 0 Å². The lowest BCUT2D eigenvalue weighted by Crippen LogP contribution is -2.21. The van der Waals surface area contributed by atoms with Gasteiger partial charge in [-0.1, -0.05) is 48.1 Å². The van der Waals surface area contributed by atoms with Crippen molar-refractivity contribution < 1.29 is 0 Å². The zero-order valence-corrected chi connectivity index (χ0v) is 13.0. The van der Waals surface area contributed by atoms with Gasteiger partial charge >= 0.3 is 0 Å². The molecule has 0 spiro atoms. The first kappa shape index (κ1) is 14.5. The Morgan fingerprint density at radius 3 is 2.25 bits per heavy atom. The van der Waals surface area contributed by atoms with E-state index in [-0.39, 0.29) is 0 Å². The lowest BCUT2D eigenvalue weighted by molar-refractivity contribution is 0.920. The van der Waals surface area contributed by atoms with E-state index in [0.29, 0.717) is 4.99 Å². The Kier molecular flexibility index (Phi) is 4.40. The molecule has 20 heavy (non-hydrogen) atoms. The van der Waals surface area contributed by atoms with E-state index in [2.05, 4.69) is 56.1 Å². The van der Waals surface area contributed by atoms with Crippen LogP contribution in [0.3, 0.4) is 0 Å². The minimum atomic E-state index is 0.441. The summed E-state index contributed by atoms with van der Waals surface area (Å²) >= 11 is 5.14. The fraction of sp³-hybridized carbons (Fsp3) is 0.235. The first-order valence-corrected chi connectivity index (χ1v) is 7.05. The van der Waals surface area contributed by atoms with Gasteiger partial charge in [-0.15, -0.1) is 0 Å². The molecular weight excluding hydrogens is 264 g/mol. The van der Waals surface area contributed by atoms with E-state index in [1.165, 1.54) is 16.7 Å². The Labute approximate surface area is 126 Å². The van der Waals surface area contributed by atoms with Crippen LogP contribution in [-0.2, 0) is 6.54 Å². The van der Waals surface area contributed by atoms with Gasteiger partial charge in [0.05, 0.1) is 0 Å². The lowest BCUT2D eigenvalue weighted by Gasteiger charge is -2.23. The van der Waals surface area contributed by atoms with Gasteiger partial charge in [0, 0.05) is 24.8 Å². The first-order chi connectivity index (χ1) is 9.47. The van der Waals surface area contributed by atoms with Crippen molar-refractivity contribution in [3.63, 3.8) is 0 Å². The van der Waals surface area contributed by atoms with Crippen LogP contribution in [0.1, 0.15) is 22.3 Å². The van der Waals surface area contributed by atoms with Crippen molar-refractivity contribution in [2.75, 3.05) is 11.9 Å². The molecule has 0 saturated heterocycles. The van der Waals surface area contributed by atoms with Gasteiger partial charge in [0.1, 0.15) is 4.99 Å². The molecule has 0 unspecified atom stereocenters. The van der Waals surface area contributed by atoms with Crippen LogP contribution in [0.5, 0.6) is 0 Å². The summed E-state index contributed by atoms with van der Waals surface area (Å²) in [7, 11) is 2.07. The molecule has 2 aromatic carbocycles. The van der Waals surface area contributed by atoms with Gasteiger partial charge in [-0.2, -0.15) is 0 Å². The molecule has 0 aliphatic rings. The SMILES string of the molecule is Cc1ccc(CN(C)c2cc(C)ccc2C(N)=S)cc1. The van der Waals surface area contributed by atoms with Crippen LogP contribution in [0.2, 0.25) is 0 Å². The molecule has 3 heteroatoms. The Morgan fingerprint density at radius 1 is 1.05 bits per heavy atom. The fourth-order valence-electron chi connectivity index (χ4n) is 2.22. The molecule has 2 aromatic rings. The number of rotatable bonds is 4. The summed E-state index contributed by atoms with van der Waals surface area (Å²) in [5, 5.41) is 0. The third-order valence-electron chi connectivity index (χ3n) is 3.37. The van der Waals surface area contributed by atoms with E-state index in [9.17, 15) is 0 Å². The maximum atomic E-state index is 5.82. The molecule has 0 amide bonds. The number of nitrogens with zero attached hydrogens (tertiary/aromatic N) is 1. The maximum Gasteiger partial charge on any atom is 0.106 e. The number of nitrogens with two attached hydrogens (primary N) is 1. The standard InChI is InChI=1S/C17H20N2S/c1-12-4-7-14(8-5-12)11-19(3)16-10-13(2)6-9-15(16)17(18)20/h4-10H,11H2,1-3H3,(H2,18,20). The molecule has 0 aliphatic heterocycles. The van der Waals surface area contributed by atoms with E-state index in [1.54, 1.807) is 0 Å². The quantitative estimate of drug-likeness (QED) is 0.870. The number of anilines is 1. The molecule has 0 heterocycles. The Bertz CT molecular complexity index is 617. The largest absolute Gasteiger partial charge is 0.389 e. The average molecular weight is 284 g/mol. The number of hydrogen-bond donors (Lipinski definition) is 1. The van der Waals surface area contributed by atoms with Crippen molar-refractivity contribution in [3.8, 4) is 0 Å². The number of thiocarbonyl (C=S) groups is 1. The van der Waals surface area contributed by atoms with Crippen LogP contribution in [-0.4, -0.2) is 12.0 Å². The average Bonchev–Trinajstić information content (AvgIpc) is 2.41. The van der Waals surface area contributed by atoms with E-state index in [1.807, 2.05) is 12.1 Å². The highest BCUT2D eigenvalue weighted by atomic mass is 32.1. The summed E-state index contributed by atoms with van der Waals surface area (Å²) in [4.78, 5) is 2.63. The van der Waals surface area contributed by atoms with Gasteiger partial charge in [0.2, 0.25) is 0 Å². The third-order valence-corrected chi connectivity index (χ3v) is 3.59. The van der Waals surface area contributed by atoms with Gasteiger partial charge in [0.15, 0.2) is 0 Å². The molecule has 2 N–H and O–H groups in total. The highest BCUT2D eigenvalue weighted by molar-refractivity contribution is 7.80. The second kappa shape index (κ2) is 6.06. The minimum Gasteiger partial charge on any atom is -0.389 e. The maximum absolute atomic E-state index is 5.82. The molecule has 2 nitrogen and oxygen atoms in total. The van der Waals surface area contributed by atoms with Gasteiger partial charge in [-0.05, 0) is 37.1 Å². The minimum absolute atomic E-state index is 0.441. The van der Waals surface area contributed by atoms with E-state index in [0.717, 1.165) is 17.8 Å². The summed E-state index contributed by atoms with van der Waals surface area (Å²) in [6, 6.07) is 14.7. The molecule has 0 bridgehead atoms. The molecule has 0 fully saturated rings. The van der Waals surface area contributed by atoms with Crippen LogP contribution in [0.25, 0.3) is 0 Å². The van der Waals surface area contributed by atoms with Crippen molar-refractivity contribution in [3.05, 3.63) is 64.7 Å². The van der Waals surface area contributed by atoms with Crippen LogP contribution in [0, 0.1) is 13.8 Å². The second-order valence-corrected chi connectivity index (χ2v) is 5.67. The second-order valence-electron chi connectivity index (χ2n) is 5.23. The lowest BCUT2D eigenvalue weighted by atomic mass is 10.1. The van der Waals surface area contributed by atoms with Crippen LogP contribution in [0.15, 0.2) is 42.5 Å². The van der Waals surface area contributed by atoms with Crippen molar-refractivity contribution in [1.82, 2.24) is 0 Å². The zero-order valence-electron chi connectivity index (χ0n) is 12.2. The molecule has 0 aliphatic carbocycles. The van der Waals surface area contributed by atoms with Crippen LogP contribution in [0.4, 0.5) is 5.69 Å². The molecule has 0 saturated carbocycles. The van der Waals surface area contributed by atoms with Crippen LogP contribution < -0.4 is 10.6 Å². The molecular formula is C17H20N2S. The molecule has 0 radical (unpaired) electrons. The van der Waals surface area contributed by atoms with Crippen molar-refractivity contribution in [2.45, 2.75) is 20.4 Å². The topological polar surface area (TPSA) is 29.3 Å². The number of aryl methyl sites for hydroxylation is 2. The molecule has 0 atom stereocenters. The summed E-state index contributed by atoms with van der Waals surface area (Å²) in [5.74, 6) is 0. The highest BCUT2D eigenvalue weighted by Crippen LogP contribution is 2.23. The first-order valence-electron chi connectivity index (χ1n) is 6.64. The summed E-state index contributed by atoms with van der Waals surface area (Å²) < 4.78 is 0. The number of benzene rings is 2. The Hall–Kier alpha value is -1.87. The van der Waals surface area contributed by atoms with Gasteiger partial charge < -0.3 is 10.6 Å². The smallest absolute Gasteiger partial charge is 0.106 e. The Balaban J connectivity index is 2.28. The van der Waals surface area contributed by atoms with Gasteiger partial charge in [-0.25, -0.2) is 0 Å². The van der Waals surface area contributed by atoms with E-state index in [4.69, 9.17) is 18.0 Å². The molecule has 104 valence electrons. The summed E-state index contributed by atoms with van der Waals surface area (Å²) in [6.45, 7) is 5.00.